The van der Waals surface area contributed by atoms with Crippen LogP contribution in [0.1, 0.15) is 12.8 Å². The topological polar surface area (TPSA) is 84.4 Å². The Morgan fingerprint density at radius 2 is 2.05 bits per heavy atom. The lowest BCUT2D eigenvalue weighted by Gasteiger charge is -2.20. The van der Waals surface area contributed by atoms with E-state index in [0.29, 0.717) is 10.7 Å². The molecular weight excluding hydrogens is 292 g/mol. The summed E-state index contributed by atoms with van der Waals surface area (Å²) in [5.74, 6) is -0.495. The Morgan fingerprint density at radius 1 is 1.29 bits per heavy atom. The average molecular weight is 304 g/mol. The molecule has 7 nitrogen and oxygen atoms in total. The van der Waals surface area contributed by atoms with E-state index in [0.717, 1.165) is 29.4 Å². The summed E-state index contributed by atoms with van der Waals surface area (Å²) in [6, 6.07) is 8.13. The monoisotopic (exact) mass is 304 g/mol. The SMILES string of the molecule is O=C(ON(C(=O)Nc1cnns1)c1ccccc1)C1CC1. The van der Waals surface area contributed by atoms with E-state index in [2.05, 4.69) is 14.9 Å². The minimum absolute atomic E-state index is 0.103. The molecule has 0 saturated heterocycles. The number of para-hydroxylation sites is 1. The van der Waals surface area contributed by atoms with Crippen LogP contribution in [0.2, 0.25) is 0 Å². The minimum atomic E-state index is -0.568. The number of anilines is 2. The zero-order valence-corrected chi connectivity index (χ0v) is 11.7. The van der Waals surface area contributed by atoms with Crippen LogP contribution >= 0.6 is 11.5 Å². The Morgan fingerprint density at radius 3 is 2.67 bits per heavy atom. The van der Waals surface area contributed by atoms with Gasteiger partial charge >= 0.3 is 12.0 Å². The number of urea groups is 1. The molecule has 0 radical (unpaired) electrons. The van der Waals surface area contributed by atoms with E-state index in [4.69, 9.17) is 4.84 Å². The molecular formula is C13H12N4O3S. The molecule has 1 saturated carbocycles. The number of hydrogen-bond acceptors (Lipinski definition) is 6. The van der Waals surface area contributed by atoms with E-state index in [1.165, 1.54) is 6.20 Å². The first-order valence-electron chi connectivity index (χ1n) is 6.39. The largest absolute Gasteiger partial charge is 0.360 e. The van der Waals surface area contributed by atoms with Crippen molar-refractivity contribution < 1.29 is 14.4 Å². The normalized spacial score (nSPS) is 13.5. The van der Waals surface area contributed by atoms with Gasteiger partial charge in [-0.2, -0.15) is 0 Å². The number of rotatable bonds is 3. The molecule has 2 aromatic rings. The molecule has 1 aromatic heterocycles. The summed E-state index contributed by atoms with van der Waals surface area (Å²) < 4.78 is 3.66. The Hall–Kier alpha value is -2.48. The van der Waals surface area contributed by atoms with Gasteiger partial charge in [0.2, 0.25) is 0 Å². The first-order chi connectivity index (χ1) is 10.2. The van der Waals surface area contributed by atoms with E-state index in [-0.39, 0.29) is 5.92 Å². The third-order valence-electron chi connectivity index (χ3n) is 2.86. The van der Waals surface area contributed by atoms with Crippen molar-refractivity contribution in [2.45, 2.75) is 12.8 Å². The fraction of sp³-hybridized carbons (Fsp3) is 0.231. The van der Waals surface area contributed by atoms with Gasteiger partial charge in [0, 0.05) is 11.5 Å². The lowest BCUT2D eigenvalue weighted by molar-refractivity contribution is -0.145. The second-order valence-electron chi connectivity index (χ2n) is 4.53. The van der Waals surface area contributed by atoms with Gasteiger partial charge in [-0.15, -0.1) is 10.2 Å². The molecule has 3 rings (SSSR count). The van der Waals surface area contributed by atoms with Crippen molar-refractivity contribution in [2.75, 3.05) is 10.4 Å². The highest BCUT2D eigenvalue weighted by Gasteiger charge is 2.34. The van der Waals surface area contributed by atoms with E-state index in [9.17, 15) is 9.59 Å². The second kappa shape index (κ2) is 5.88. The summed E-state index contributed by atoms with van der Waals surface area (Å²) in [6.45, 7) is 0. The van der Waals surface area contributed by atoms with Crippen molar-refractivity contribution in [3.8, 4) is 0 Å². The van der Waals surface area contributed by atoms with Gasteiger partial charge < -0.3 is 4.84 Å². The summed E-state index contributed by atoms with van der Waals surface area (Å²) in [6.07, 6.45) is 3.04. The molecule has 0 bridgehead atoms. The molecule has 2 amide bonds. The fourth-order valence-corrected chi connectivity index (χ4v) is 2.05. The first kappa shape index (κ1) is 13.5. The maximum atomic E-state index is 12.3. The third-order valence-corrected chi connectivity index (χ3v) is 3.44. The molecule has 1 aliphatic rings. The number of carbonyl (C=O) groups excluding carboxylic acids is 2. The quantitative estimate of drug-likeness (QED) is 0.880. The molecule has 21 heavy (non-hydrogen) atoms. The van der Waals surface area contributed by atoms with E-state index in [1.54, 1.807) is 24.3 Å². The Kier molecular flexibility index (Phi) is 3.78. The molecule has 8 heteroatoms. The number of amides is 2. The zero-order valence-electron chi connectivity index (χ0n) is 10.9. The summed E-state index contributed by atoms with van der Waals surface area (Å²) in [7, 11) is 0. The molecule has 1 N–H and O–H groups in total. The molecule has 1 heterocycles. The van der Waals surface area contributed by atoms with Crippen LogP contribution in [0.15, 0.2) is 36.5 Å². The molecule has 0 unspecified atom stereocenters. The Bertz CT molecular complexity index is 628. The van der Waals surface area contributed by atoms with Gasteiger partial charge in [0.15, 0.2) is 0 Å². The molecule has 0 atom stereocenters. The van der Waals surface area contributed by atoms with Gasteiger partial charge in [-0.25, -0.2) is 9.59 Å². The molecule has 1 fully saturated rings. The van der Waals surface area contributed by atoms with E-state index < -0.39 is 12.0 Å². The standard InChI is InChI=1S/C13H12N4O3S/c18-12(9-6-7-9)20-17(10-4-2-1-3-5-10)13(19)15-11-8-14-16-21-11/h1-5,8-9H,6-7H2,(H,15,19). The second-order valence-corrected chi connectivity index (χ2v) is 5.31. The van der Waals surface area contributed by atoms with Crippen LogP contribution in [0.25, 0.3) is 0 Å². The van der Waals surface area contributed by atoms with Crippen molar-refractivity contribution in [3.05, 3.63) is 36.5 Å². The highest BCUT2D eigenvalue weighted by molar-refractivity contribution is 7.10. The Balaban J connectivity index is 1.77. The fourth-order valence-electron chi connectivity index (χ4n) is 1.64. The van der Waals surface area contributed by atoms with Crippen LogP contribution in [0.4, 0.5) is 15.5 Å². The maximum absolute atomic E-state index is 12.3. The molecule has 0 spiro atoms. The van der Waals surface area contributed by atoms with Crippen molar-refractivity contribution in [2.24, 2.45) is 5.92 Å². The number of hydrogen-bond donors (Lipinski definition) is 1. The number of nitrogens with zero attached hydrogens (tertiary/aromatic N) is 3. The third kappa shape index (κ3) is 3.34. The lowest BCUT2D eigenvalue weighted by atomic mass is 10.3. The summed E-state index contributed by atoms with van der Waals surface area (Å²) in [4.78, 5) is 29.3. The number of aromatic nitrogens is 2. The Labute approximate surface area is 124 Å². The van der Waals surface area contributed by atoms with Crippen LogP contribution in [0, 0.1) is 5.92 Å². The van der Waals surface area contributed by atoms with E-state index in [1.807, 2.05) is 6.07 Å². The summed E-state index contributed by atoms with van der Waals surface area (Å²) in [5, 5.41) is 7.66. The molecule has 0 aliphatic heterocycles. The van der Waals surface area contributed by atoms with Gasteiger partial charge in [0.05, 0.1) is 17.8 Å². The summed E-state index contributed by atoms with van der Waals surface area (Å²) >= 11 is 1.04. The number of benzene rings is 1. The smallest absolute Gasteiger partial charge is 0.331 e. The van der Waals surface area contributed by atoms with Crippen LogP contribution in [-0.2, 0) is 9.63 Å². The zero-order chi connectivity index (χ0) is 14.7. The van der Waals surface area contributed by atoms with E-state index >= 15 is 0 Å². The predicted octanol–water partition coefficient (Wildman–Crippen LogP) is 2.44. The van der Waals surface area contributed by atoms with Crippen molar-refractivity contribution in [3.63, 3.8) is 0 Å². The van der Waals surface area contributed by atoms with Gasteiger partial charge in [0.25, 0.3) is 0 Å². The van der Waals surface area contributed by atoms with Crippen molar-refractivity contribution in [1.82, 2.24) is 9.59 Å². The van der Waals surface area contributed by atoms with Crippen molar-refractivity contribution in [1.29, 1.82) is 0 Å². The van der Waals surface area contributed by atoms with Crippen LogP contribution in [-0.4, -0.2) is 21.6 Å². The number of hydroxylamine groups is 1. The predicted molar refractivity (Wildman–Crippen MR) is 76.7 cm³/mol. The number of carbonyl (C=O) groups is 2. The first-order valence-corrected chi connectivity index (χ1v) is 7.16. The maximum Gasteiger partial charge on any atom is 0.360 e. The van der Waals surface area contributed by atoms with Crippen LogP contribution in [0.5, 0.6) is 0 Å². The van der Waals surface area contributed by atoms with Crippen LogP contribution in [0.3, 0.4) is 0 Å². The highest BCUT2D eigenvalue weighted by Crippen LogP contribution is 2.31. The molecule has 1 aromatic carbocycles. The van der Waals surface area contributed by atoms with Gasteiger partial charge in [0.1, 0.15) is 5.00 Å². The minimum Gasteiger partial charge on any atom is -0.331 e. The van der Waals surface area contributed by atoms with Crippen LogP contribution < -0.4 is 10.4 Å². The molecule has 1 aliphatic carbocycles. The summed E-state index contributed by atoms with van der Waals surface area (Å²) in [5.41, 5.74) is 0.474. The highest BCUT2D eigenvalue weighted by atomic mass is 32.1. The molecule has 108 valence electrons. The van der Waals surface area contributed by atoms with Gasteiger partial charge in [-0.05, 0) is 25.0 Å². The number of nitrogens with one attached hydrogen (secondary N) is 1. The lowest BCUT2D eigenvalue weighted by Crippen LogP contribution is -2.37. The van der Waals surface area contributed by atoms with Crippen molar-refractivity contribution >= 4 is 34.2 Å². The average Bonchev–Trinajstić information content (AvgIpc) is 3.24. The van der Waals surface area contributed by atoms with Gasteiger partial charge in [-0.1, -0.05) is 22.7 Å². The van der Waals surface area contributed by atoms with Gasteiger partial charge in [-0.3, -0.25) is 5.32 Å².